The molecule has 0 atom stereocenters. The standard InChI is InChI=1S/C29H35N3O/c1-3-24(2)14-15-28-23-33-30-29(28)32-18-16-27(17-19-32)22-31(20-25-10-6-4-7-11-25)21-26-12-8-5-9-13-26/h3-15,27H,1,16-23H2,2H3/b24-14-,28-15?. The number of piperidine rings is 1. The van der Waals surface area contributed by atoms with Crippen molar-refractivity contribution in [2.45, 2.75) is 32.9 Å². The molecule has 0 spiro atoms. The minimum absolute atomic E-state index is 0.554. The van der Waals surface area contributed by atoms with Crippen molar-refractivity contribution in [2.24, 2.45) is 11.1 Å². The van der Waals surface area contributed by atoms with Crippen LogP contribution in [0.15, 0.2) is 102 Å². The van der Waals surface area contributed by atoms with Gasteiger partial charge in [0.25, 0.3) is 0 Å². The summed E-state index contributed by atoms with van der Waals surface area (Å²) >= 11 is 0. The van der Waals surface area contributed by atoms with E-state index in [1.165, 1.54) is 24.0 Å². The third-order valence-electron chi connectivity index (χ3n) is 6.46. The van der Waals surface area contributed by atoms with E-state index in [1.54, 1.807) is 0 Å². The fourth-order valence-electron chi connectivity index (χ4n) is 4.53. The van der Waals surface area contributed by atoms with Gasteiger partial charge in [-0.2, -0.15) is 0 Å². The van der Waals surface area contributed by atoms with E-state index in [-0.39, 0.29) is 0 Å². The monoisotopic (exact) mass is 441 g/mol. The van der Waals surface area contributed by atoms with Gasteiger partial charge in [0.1, 0.15) is 6.61 Å². The molecule has 4 heteroatoms. The number of benzene rings is 2. The quantitative estimate of drug-likeness (QED) is 0.485. The average molecular weight is 442 g/mol. The largest absolute Gasteiger partial charge is 0.389 e. The lowest BCUT2D eigenvalue weighted by Gasteiger charge is -2.35. The van der Waals surface area contributed by atoms with Gasteiger partial charge in [-0.15, -0.1) is 0 Å². The van der Waals surface area contributed by atoms with E-state index in [9.17, 15) is 0 Å². The zero-order chi connectivity index (χ0) is 22.9. The lowest BCUT2D eigenvalue weighted by Crippen LogP contribution is -2.41. The highest BCUT2D eigenvalue weighted by Crippen LogP contribution is 2.24. The molecule has 0 N–H and O–H groups in total. The van der Waals surface area contributed by atoms with Gasteiger partial charge >= 0.3 is 0 Å². The number of rotatable bonds is 8. The van der Waals surface area contributed by atoms with E-state index in [4.69, 9.17) is 4.84 Å². The van der Waals surface area contributed by atoms with Crippen LogP contribution in [0.5, 0.6) is 0 Å². The lowest BCUT2D eigenvalue weighted by molar-refractivity contribution is 0.163. The van der Waals surface area contributed by atoms with Gasteiger partial charge in [0, 0.05) is 38.3 Å². The van der Waals surface area contributed by atoms with Crippen molar-refractivity contribution in [3.63, 3.8) is 0 Å². The third-order valence-corrected chi connectivity index (χ3v) is 6.46. The molecule has 0 bridgehead atoms. The molecule has 1 saturated heterocycles. The van der Waals surface area contributed by atoms with Gasteiger partial charge < -0.3 is 9.74 Å². The van der Waals surface area contributed by atoms with Gasteiger partial charge in [0.15, 0.2) is 5.84 Å². The van der Waals surface area contributed by atoms with Crippen LogP contribution >= 0.6 is 0 Å². The Kier molecular flexibility index (Phi) is 8.15. The Hall–Kier alpha value is -3.11. The number of allylic oxidation sites excluding steroid dienone is 4. The molecule has 2 aliphatic heterocycles. The van der Waals surface area contributed by atoms with Crippen LogP contribution in [0.3, 0.4) is 0 Å². The average Bonchev–Trinajstić information content (AvgIpc) is 3.33. The highest BCUT2D eigenvalue weighted by molar-refractivity contribution is 5.99. The Morgan fingerprint density at radius 1 is 1.03 bits per heavy atom. The maximum absolute atomic E-state index is 5.43. The van der Waals surface area contributed by atoms with Crippen LogP contribution in [0.4, 0.5) is 0 Å². The second-order valence-electron chi connectivity index (χ2n) is 9.07. The lowest BCUT2D eigenvalue weighted by atomic mass is 9.95. The fourth-order valence-corrected chi connectivity index (χ4v) is 4.53. The molecule has 0 aliphatic carbocycles. The van der Waals surface area contributed by atoms with Crippen molar-refractivity contribution in [2.75, 3.05) is 26.2 Å². The predicted molar refractivity (Wildman–Crippen MR) is 137 cm³/mol. The number of hydrogen-bond donors (Lipinski definition) is 0. The van der Waals surface area contributed by atoms with Gasteiger partial charge in [-0.25, -0.2) is 0 Å². The predicted octanol–water partition coefficient (Wildman–Crippen LogP) is 5.80. The molecular weight excluding hydrogens is 406 g/mol. The van der Waals surface area contributed by atoms with Crippen LogP contribution in [0.25, 0.3) is 0 Å². The van der Waals surface area contributed by atoms with Gasteiger partial charge in [-0.3, -0.25) is 4.90 Å². The Labute approximate surface area is 198 Å². The molecule has 1 fully saturated rings. The van der Waals surface area contributed by atoms with Crippen LogP contribution in [-0.2, 0) is 17.9 Å². The van der Waals surface area contributed by atoms with Crippen molar-refractivity contribution in [3.8, 4) is 0 Å². The van der Waals surface area contributed by atoms with Crippen molar-refractivity contribution >= 4 is 5.84 Å². The molecule has 33 heavy (non-hydrogen) atoms. The van der Waals surface area contributed by atoms with Gasteiger partial charge in [-0.1, -0.05) is 96.2 Å². The number of amidine groups is 1. The first-order valence-electron chi connectivity index (χ1n) is 12.0. The second kappa shape index (κ2) is 11.7. The van der Waals surface area contributed by atoms with Crippen LogP contribution in [0.2, 0.25) is 0 Å². The molecule has 0 saturated carbocycles. The molecule has 2 heterocycles. The highest BCUT2D eigenvalue weighted by Gasteiger charge is 2.27. The highest BCUT2D eigenvalue weighted by atomic mass is 16.6. The van der Waals surface area contributed by atoms with Crippen molar-refractivity contribution in [3.05, 3.63) is 108 Å². The number of nitrogens with zero attached hydrogens (tertiary/aromatic N) is 3. The van der Waals surface area contributed by atoms with Crippen LogP contribution < -0.4 is 0 Å². The van der Waals surface area contributed by atoms with Gasteiger partial charge in [0.2, 0.25) is 0 Å². The van der Waals surface area contributed by atoms with Gasteiger partial charge in [0.05, 0.1) is 0 Å². The summed E-state index contributed by atoms with van der Waals surface area (Å²) in [7, 11) is 0. The molecule has 2 aromatic carbocycles. The Morgan fingerprint density at radius 3 is 2.21 bits per heavy atom. The number of likely N-dealkylation sites (tertiary alicyclic amines) is 1. The Balaban J connectivity index is 1.36. The van der Waals surface area contributed by atoms with E-state index in [2.05, 4.69) is 101 Å². The molecule has 2 aromatic rings. The first kappa shape index (κ1) is 23.1. The summed E-state index contributed by atoms with van der Waals surface area (Å²) in [4.78, 5) is 10.4. The summed E-state index contributed by atoms with van der Waals surface area (Å²) in [6.07, 6.45) is 8.42. The number of oxime groups is 1. The normalized spacial score (nSPS) is 18.5. The topological polar surface area (TPSA) is 28.1 Å². The smallest absolute Gasteiger partial charge is 0.174 e. The first-order chi connectivity index (χ1) is 16.2. The Bertz CT molecular complexity index is 945. The van der Waals surface area contributed by atoms with Gasteiger partial charge in [-0.05, 0) is 36.8 Å². The maximum atomic E-state index is 5.43. The summed E-state index contributed by atoms with van der Waals surface area (Å²) < 4.78 is 0. The molecule has 4 nitrogen and oxygen atoms in total. The molecule has 0 aromatic heterocycles. The van der Waals surface area contributed by atoms with Crippen LogP contribution in [0.1, 0.15) is 30.9 Å². The van der Waals surface area contributed by atoms with Crippen LogP contribution in [0, 0.1) is 5.92 Å². The van der Waals surface area contributed by atoms with E-state index >= 15 is 0 Å². The number of hydrogen-bond acceptors (Lipinski definition) is 4. The molecule has 0 radical (unpaired) electrons. The third kappa shape index (κ3) is 6.69. The molecule has 172 valence electrons. The molecule has 4 rings (SSSR count). The molecule has 2 aliphatic rings. The zero-order valence-electron chi connectivity index (χ0n) is 19.7. The fraction of sp³-hybridized carbons (Fsp3) is 0.345. The SMILES string of the molecule is C=C/C(C)=C\C=C1CON=C1N1CCC(CN(Cc2ccccc2)Cc2ccccc2)CC1. The minimum atomic E-state index is 0.554. The van der Waals surface area contributed by atoms with E-state index in [1.807, 2.05) is 6.08 Å². The first-order valence-corrected chi connectivity index (χ1v) is 12.0. The molecular formula is C29H35N3O. The van der Waals surface area contributed by atoms with E-state index < -0.39 is 0 Å². The van der Waals surface area contributed by atoms with Crippen molar-refractivity contribution in [1.82, 2.24) is 9.80 Å². The minimum Gasteiger partial charge on any atom is -0.389 e. The summed E-state index contributed by atoms with van der Waals surface area (Å²) in [5.41, 5.74) is 5.05. The van der Waals surface area contributed by atoms with E-state index in [0.717, 1.165) is 49.7 Å². The zero-order valence-corrected chi connectivity index (χ0v) is 19.7. The Morgan fingerprint density at radius 2 is 1.64 bits per heavy atom. The summed E-state index contributed by atoms with van der Waals surface area (Å²) in [6.45, 7) is 11.6. The molecule has 0 unspecified atom stereocenters. The van der Waals surface area contributed by atoms with Crippen molar-refractivity contribution < 1.29 is 4.84 Å². The summed E-state index contributed by atoms with van der Waals surface area (Å²) in [5.74, 6) is 1.69. The molecule has 0 amide bonds. The summed E-state index contributed by atoms with van der Waals surface area (Å²) in [5, 5.41) is 4.35. The summed E-state index contributed by atoms with van der Waals surface area (Å²) in [6, 6.07) is 21.6. The maximum Gasteiger partial charge on any atom is 0.174 e. The van der Waals surface area contributed by atoms with Crippen LogP contribution in [-0.4, -0.2) is 41.9 Å². The van der Waals surface area contributed by atoms with E-state index in [0.29, 0.717) is 12.5 Å². The van der Waals surface area contributed by atoms with Crippen molar-refractivity contribution in [1.29, 1.82) is 0 Å². The second-order valence-corrected chi connectivity index (χ2v) is 9.07.